The molecule has 1 aliphatic carbocycles. The molecule has 7 nitrogen and oxygen atoms in total. The van der Waals surface area contributed by atoms with E-state index >= 15 is 0 Å². The van der Waals surface area contributed by atoms with Gasteiger partial charge in [0.2, 0.25) is 11.8 Å². The number of nitrogens with zero attached hydrogens (tertiary/aromatic N) is 1. The molecule has 0 aromatic heterocycles. The molecule has 3 atom stereocenters. The zero-order valence-corrected chi connectivity index (χ0v) is 26.0. The number of nitrogens with one attached hydrogen (secondary N) is 2. The van der Waals surface area contributed by atoms with E-state index in [9.17, 15) is 18.8 Å². The number of benzene rings is 4. The van der Waals surface area contributed by atoms with Gasteiger partial charge < -0.3 is 20.3 Å². The summed E-state index contributed by atoms with van der Waals surface area (Å²) >= 11 is 0. The molecule has 0 bridgehead atoms. The number of anilines is 1. The highest BCUT2D eigenvalue weighted by atomic mass is 19.1. The first-order valence-electron chi connectivity index (χ1n) is 15.8. The summed E-state index contributed by atoms with van der Waals surface area (Å²) in [6.45, 7) is 4.24. The Labute approximate surface area is 268 Å². The van der Waals surface area contributed by atoms with Gasteiger partial charge in [0.25, 0.3) is 5.91 Å². The van der Waals surface area contributed by atoms with E-state index in [0.29, 0.717) is 42.9 Å². The molecule has 3 amide bonds. The van der Waals surface area contributed by atoms with Crippen molar-refractivity contribution in [3.8, 4) is 5.75 Å². The maximum absolute atomic E-state index is 14.6. The Balaban J connectivity index is 1.35. The minimum absolute atomic E-state index is 0.0578. The third-order valence-corrected chi connectivity index (χ3v) is 8.80. The van der Waals surface area contributed by atoms with E-state index in [1.54, 1.807) is 18.2 Å². The summed E-state index contributed by atoms with van der Waals surface area (Å²) in [5.41, 5.74) is 4.12. The summed E-state index contributed by atoms with van der Waals surface area (Å²) in [4.78, 5) is 44.3. The van der Waals surface area contributed by atoms with Crippen LogP contribution in [-0.4, -0.2) is 34.7 Å². The molecule has 1 aliphatic heterocycles. The number of hydrogen-bond acceptors (Lipinski definition) is 4. The van der Waals surface area contributed by atoms with Crippen molar-refractivity contribution < 1.29 is 23.5 Å². The van der Waals surface area contributed by atoms with Crippen LogP contribution >= 0.6 is 0 Å². The lowest BCUT2D eigenvalue weighted by Crippen LogP contribution is -2.67. The van der Waals surface area contributed by atoms with Crippen LogP contribution in [0.5, 0.6) is 5.75 Å². The Morgan fingerprint density at radius 2 is 1.52 bits per heavy atom. The summed E-state index contributed by atoms with van der Waals surface area (Å²) in [6.07, 6.45) is 1.65. The number of rotatable bonds is 10. The van der Waals surface area contributed by atoms with Gasteiger partial charge in [-0.05, 0) is 77.6 Å². The van der Waals surface area contributed by atoms with E-state index in [1.165, 1.54) is 29.2 Å². The summed E-state index contributed by atoms with van der Waals surface area (Å²) in [7, 11) is 0. The van der Waals surface area contributed by atoms with Crippen molar-refractivity contribution in [1.29, 1.82) is 0 Å². The molecule has 3 unspecified atom stereocenters. The van der Waals surface area contributed by atoms with Gasteiger partial charge in [-0.2, -0.15) is 0 Å². The van der Waals surface area contributed by atoms with Crippen molar-refractivity contribution in [2.24, 2.45) is 11.8 Å². The molecule has 8 heteroatoms. The summed E-state index contributed by atoms with van der Waals surface area (Å²) in [5, 5.41) is 6.01. The van der Waals surface area contributed by atoms with Gasteiger partial charge >= 0.3 is 0 Å². The molecule has 6 rings (SSSR count). The van der Waals surface area contributed by atoms with Gasteiger partial charge in [-0.1, -0.05) is 92.7 Å². The molecule has 4 aromatic carbocycles. The van der Waals surface area contributed by atoms with E-state index in [4.69, 9.17) is 4.74 Å². The van der Waals surface area contributed by atoms with Crippen LogP contribution in [0.4, 0.5) is 10.1 Å². The lowest BCUT2D eigenvalue weighted by Gasteiger charge is -2.44. The number of hydrogen-bond donors (Lipinski definition) is 2. The minimum Gasteiger partial charge on any atom is -0.487 e. The van der Waals surface area contributed by atoms with Crippen molar-refractivity contribution in [1.82, 2.24) is 10.2 Å². The molecule has 0 radical (unpaired) electrons. The second-order valence-electron chi connectivity index (χ2n) is 12.5. The largest absolute Gasteiger partial charge is 0.487 e. The van der Waals surface area contributed by atoms with Gasteiger partial charge in [0.1, 0.15) is 36.3 Å². The molecule has 1 fully saturated rings. The topological polar surface area (TPSA) is 87.7 Å². The molecule has 0 saturated carbocycles. The lowest BCUT2D eigenvalue weighted by atomic mass is 9.88. The fourth-order valence-electron chi connectivity index (χ4n) is 6.59. The molecular weight excluding hydrogens is 581 g/mol. The van der Waals surface area contributed by atoms with Crippen molar-refractivity contribution in [3.63, 3.8) is 0 Å². The van der Waals surface area contributed by atoms with Gasteiger partial charge in [-0.3, -0.25) is 14.4 Å². The van der Waals surface area contributed by atoms with Crippen LogP contribution in [0.15, 0.2) is 103 Å². The molecule has 0 spiro atoms. The van der Waals surface area contributed by atoms with Crippen LogP contribution in [-0.2, 0) is 33.8 Å². The Kier molecular flexibility index (Phi) is 9.15. The van der Waals surface area contributed by atoms with Crippen molar-refractivity contribution >= 4 is 23.4 Å². The van der Waals surface area contributed by atoms with Gasteiger partial charge in [0.05, 0.1) is 5.69 Å². The second-order valence-corrected chi connectivity index (χ2v) is 12.5. The van der Waals surface area contributed by atoms with Crippen LogP contribution < -0.4 is 15.4 Å². The predicted octanol–water partition coefficient (Wildman–Crippen LogP) is 6.24. The van der Waals surface area contributed by atoms with Crippen LogP contribution in [0.1, 0.15) is 48.6 Å². The van der Waals surface area contributed by atoms with Gasteiger partial charge in [0, 0.05) is 0 Å². The average molecular weight is 620 g/mol. The third kappa shape index (κ3) is 6.66. The quantitative estimate of drug-likeness (QED) is 0.220. The van der Waals surface area contributed by atoms with Crippen LogP contribution in [0.3, 0.4) is 0 Å². The maximum Gasteiger partial charge on any atom is 0.251 e. The normalized spacial score (nSPS) is 18.7. The van der Waals surface area contributed by atoms with Crippen molar-refractivity contribution in [3.05, 3.63) is 131 Å². The predicted molar refractivity (Wildman–Crippen MR) is 174 cm³/mol. The van der Waals surface area contributed by atoms with E-state index in [2.05, 4.69) is 22.8 Å². The number of carbonyl (C=O) groups excluding carboxylic acids is 3. The highest BCUT2D eigenvalue weighted by Crippen LogP contribution is 2.36. The second kappa shape index (κ2) is 13.6. The molecule has 236 valence electrons. The molecule has 4 aromatic rings. The molecular formula is C38H38FN3O4. The highest BCUT2D eigenvalue weighted by Gasteiger charge is 2.49. The molecule has 1 saturated heterocycles. The van der Waals surface area contributed by atoms with E-state index in [1.807, 2.05) is 62.4 Å². The Bertz CT molecular complexity index is 1680. The first-order chi connectivity index (χ1) is 22.3. The smallest absolute Gasteiger partial charge is 0.251 e. The molecule has 2 aliphatic rings. The SMILES string of the molecule is CC(C)CC1C(=O)NC(C2Cc3ccccc3C2)C(=O)N1C(C(=O)Nc1ccccc1OCc1ccccc1)c1ccc(F)cc1. The van der Waals surface area contributed by atoms with E-state index < -0.39 is 29.8 Å². The van der Waals surface area contributed by atoms with Gasteiger partial charge in [0.15, 0.2) is 0 Å². The van der Waals surface area contributed by atoms with E-state index in [0.717, 1.165) is 16.7 Å². The van der Waals surface area contributed by atoms with Gasteiger partial charge in [-0.25, -0.2) is 4.39 Å². The summed E-state index contributed by atoms with van der Waals surface area (Å²) < 4.78 is 20.2. The maximum atomic E-state index is 14.6. The fourth-order valence-corrected chi connectivity index (χ4v) is 6.59. The van der Waals surface area contributed by atoms with E-state index in [-0.39, 0.29) is 23.7 Å². The molecule has 46 heavy (non-hydrogen) atoms. The highest BCUT2D eigenvalue weighted by molar-refractivity contribution is 6.03. The number of fused-ring (bicyclic) bond motifs is 1. The Morgan fingerprint density at radius 3 is 2.20 bits per heavy atom. The number of piperazine rings is 1. The molecule has 2 N–H and O–H groups in total. The van der Waals surface area contributed by atoms with Crippen molar-refractivity contribution in [2.45, 2.75) is 57.8 Å². The summed E-state index contributed by atoms with van der Waals surface area (Å²) in [6, 6.07) is 27.5. The lowest BCUT2D eigenvalue weighted by molar-refractivity contribution is -0.157. The Morgan fingerprint density at radius 1 is 0.891 bits per heavy atom. The summed E-state index contributed by atoms with van der Waals surface area (Å²) in [5.74, 6) is -1.23. The minimum atomic E-state index is -1.20. The number of ether oxygens (including phenoxy) is 1. The Hall–Kier alpha value is -4.98. The van der Waals surface area contributed by atoms with Crippen molar-refractivity contribution in [2.75, 3.05) is 5.32 Å². The zero-order chi connectivity index (χ0) is 32.2. The first-order valence-corrected chi connectivity index (χ1v) is 15.8. The zero-order valence-electron chi connectivity index (χ0n) is 26.0. The number of amides is 3. The van der Waals surface area contributed by atoms with Crippen LogP contribution in [0, 0.1) is 17.7 Å². The van der Waals surface area contributed by atoms with Crippen LogP contribution in [0.25, 0.3) is 0 Å². The number of para-hydroxylation sites is 2. The van der Waals surface area contributed by atoms with Crippen LogP contribution in [0.2, 0.25) is 0 Å². The monoisotopic (exact) mass is 619 g/mol. The van der Waals surface area contributed by atoms with Gasteiger partial charge in [-0.15, -0.1) is 0 Å². The number of carbonyl (C=O) groups is 3. The first kappa shape index (κ1) is 31.0. The number of halogens is 1. The average Bonchev–Trinajstić information content (AvgIpc) is 3.49. The molecule has 1 heterocycles. The standard InChI is InChI=1S/C38H38FN3O4/c1-24(2)20-32-36(43)41-34(29-21-27-12-6-7-13-28(27)22-29)38(45)42(32)35(26-16-18-30(39)19-17-26)37(44)40-31-14-8-9-15-33(31)46-23-25-10-4-3-5-11-25/h3-19,24,29,32,34-35H,20-23H2,1-2H3,(H,40,44)(H,41,43). The fraction of sp³-hybridized carbons (Fsp3) is 0.289. The third-order valence-electron chi connectivity index (χ3n) is 8.80.